The normalized spacial score (nSPS) is 27.8. The molecule has 5 rings (SSSR count). The summed E-state index contributed by atoms with van der Waals surface area (Å²) in [6.07, 6.45) is 2.26. The third-order valence-corrected chi connectivity index (χ3v) is 6.16. The maximum absolute atomic E-state index is 2.51. The molecule has 0 saturated carbocycles. The van der Waals surface area contributed by atoms with E-state index < -0.39 is 0 Å². The minimum atomic E-state index is 0.241. The van der Waals surface area contributed by atoms with Gasteiger partial charge in [0.2, 0.25) is 0 Å². The van der Waals surface area contributed by atoms with Crippen molar-refractivity contribution in [2.24, 2.45) is 10.8 Å². The maximum Gasteiger partial charge on any atom is 0.190 e. The Kier molecular flexibility index (Phi) is 2.14. The molecule has 102 valence electrons. The molecule has 1 aromatic heterocycles. The first-order valence-electron chi connectivity index (χ1n) is 7.55. The second-order valence-corrected chi connectivity index (χ2v) is 7.44. The summed E-state index contributed by atoms with van der Waals surface area (Å²) in [6.45, 7) is 9.75. The summed E-state index contributed by atoms with van der Waals surface area (Å²) in [6, 6.07) is 16.1. The van der Waals surface area contributed by atoms with Crippen LogP contribution in [0.25, 0.3) is 0 Å². The van der Waals surface area contributed by atoms with Crippen molar-refractivity contribution in [1.29, 1.82) is 0 Å². The molecule has 1 aliphatic carbocycles. The van der Waals surface area contributed by atoms with Crippen LogP contribution in [0.5, 0.6) is 0 Å². The predicted molar refractivity (Wildman–Crippen MR) is 80.6 cm³/mol. The highest BCUT2D eigenvalue weighted by Crippen LogP contribution is 2.63. The van der Waals surface area contributed by atoms with Gasteiger partial charge in [0, 0.05) is 23.1 Å². The molecular formula is C19H22N+. The van der Waals surface area contributed by atoms with Gasteiger partial charge in [-0.25, -0.2) is 0 Å². The van der Waals surface area contributed by atoms with Crippen LogP contribution in [-0.2, 0) is 0 Å². The van der Waals surface area contributed by atoms with Crippen LogP contribution in [0.1, 0.15) is 56.5 Å². The topological polar surface area (TPSA) is 3.88 Å². The van der Waals surface area contributed by atoms with Crippen LogP contribution in [0.2, 0.25) is 0 Å². The highest BCUT2D eigenvalue weighted by atomic mass is 15.1. The molecule has 2 unspecified atom stereocenters. The van der Waals surface area contributed by atoms with Crippen molar-refractivity contribution in [2.75, 3.05) is 0 Å². The Labute approximate surface area is 121 Å². The van der Waals surface area contributed by atoms with Crippen molar-refractivity contribution in [1.82, 2.24) is 0 Å². The van der Waals surface area contributed by atoms with E-state index in [4.69, 9.17) is 0 Å². The van der Waals surface area contributed by atoms with Crippen LogP contribution < -0.4 is 4.57 Å². The monoisotopic (exact) mass is 264 g/mol. The van der Waals surface area contributed by atoms with E-state index in [9.17, 15) is 0 Å². The molecule has 2 atom stereocenters. The minimum absolute atomic E-state index is 0.241. The molecule has 0 fully saturated rings. The number of fused-ring (bicyclic) bond motifs is 1. The molecular weight excluding hydrogens is 242 g/mol. The Hall–Kier alpha value is -1.63. The Morgan fingerprint density at radius 3 is 2.20 bits per heavy atom. The molecule has 0 spiro atoms. The lowest BCUT2D eigenvalue weighted by molar-refractivity contribution is -0.749. The quantitative estimate of drug-likeness (QED) is 0.631. The van der Waals surface area contributed by atoms with Gasteiger partial charge in [0.1, 0.15) is 0 Å². The first kappa shape index (κ1) is 12.1. The zero-order valence-corrected chi connectivity index (χ0v) is 12.7. The zero-order valence-electron chi connectivity index (χ0n) is 12.7. The summed E-state index contributed by atoms with van der Waals surface area (Å²) >= 11 is 0. The number of rotatable bonds is 0. The molecule has 0 N–H and O–H groups in total. The van der Waals surface area contributed by atoms with Crippen molar-refractivity contribution in [2.45, 2.75) is 39.7 Å². The number of hydrogen-bond donors (Lipinski definition) is 0. The predicted octanol–water partition coefficient (Wildman–Crippen LogP) is 4.07. The van der Waals surface area contributed by atoms with Crippen molar-refractivity contribution in [3.05, 3.63) is 65.5 Å². The van der Waals surface area contributed by atoms with E-state index in [0.29, 0.717) is 12.0 Å². The molecule has 3 heterocycles. The number of nitrogens with zero attached hydrogens (tertiary/aromatic N) is 1. The number of pyridine rings is 1. The van der Waals surface area contributed by atoms with E-state index in [2.05, 4.69) is 80.9 Å². The second-order valence-electron chi connectivity index (χ2n) is 7.44. The standard InChI is InChI=1S/C19H22N/c1-18(2)16-13-9-5-6-10-14(13)17(19(18,3)4)20-12-8-7-11-15(16)20/h5-12,16-17H,1-4H3/q+1. The SMILES string of the molecule is CC1(C)C2c3ccccc3C([n+]3ccccc32)C1(C)C. The van der Waals surface area contributed by atoms with Crippen molar-refractivity contribution in [3.8, 4) is 0 Å². The highest BCUT2D eigenvalue weighted by molar-refractivity contribution is 5.45. The number of benzene rings is 1. The molecule has 20 heavy (non-hydrogen) atoms. The van der Waals surface area contributed by atoms with E-state index in [1.165, 1.54) is 16.8 Å². The fourth-order valence-electron chi connectivity index (χ4n) is 4.50. The summed E-state index contributed by atoms with van der Waals surface area (Å²) in [4.78, 5) is 0. The van der Waals surface area contributed by atoms with Crippen LogP contribution in [0.4, 0.5) is 0 Å². The summed E-state index contributed by atoms with van der Waals surface area (Å²) in [7, 11) is 0. The highest BCUT2D eigenvalue weighted by Gasteiger charge is 2.63. The smallest absolute Gasteiger partial charge is 0.190 e. The third-order valence-electron chi connectivity index (χ3n) is 6.16. The molecule has 2 aromatic rings. The Morgan fingerprint density at radius 1 is 0.800 bits per heavy atom. The molecule has 3 aliphatic rings. The molecule has 0 saturated heterocycles. The average molecular weight is 264 g/mol. The summed E-state index contributed by atoms with van der Waals surface area (Å²) in [5, 5.41) is 0. The van der Waals surface area contributed by atoms with E-state index in [1.807, 2.05) is 0 Å². The summed E-state index contributed by atoms with van der Waals surface area (Å²) < 4.78 is 2.51. The summed E-state index contributed by atoms with van der Waals surface area (Å²) in [5.41, 5.74) is 5.03. The van der Waals surface area contributed by atoms with Gasteiger partial charge in [0.15, 0.2) is 17.9 Å². The first-order valence-corrected chi connectivity index (χ1v) is 7.55. The molecule has 1 aromatic carbocycles. The van der Waals surface area contributed by atoms with E-state index in [1.54, 1.807) is 0 Å². The molecule has 0 radical (unpaired) electrons. The van der Waals surface area contributed by atoms with E-state index in [-0.39, 0.29) is 10.8 Å². The Balaban J connectivity index is 2.13. The van der Waals surface area contributed by atoms with Gasteiger partial charge in [-0.2, -0.15) is 4.57 Å². The molecule has 1 heteroatoms. The van der Waals surface area contributed by atoms with Gasteiger partial charge in [-0.1, -0.05) is 58.0 Å². The largest absolute Gasteiger partial charge is 0.194 e. The third kappa shape index (κ3) is 1.17. The fraction of sp³-hybridized carbons (Fsp3) is 0.421. The fourth-order valence-corrected chi connectivity index (χ4v) is 4.50. The van der Waals surface area contributed by atoms with Crippen molar-refractivity contribution >= 4 is 0 Å². The van der Waals surface area contributed by atoms with Gasteiger partial charge < -0.3 is 0 Å². The lowest BCUT2D eigenvalue weighted by Crippen LogP contribution is -2.65. The van der Waals surface area contributed by atoms with Gasteiger partial charge in [0.05, 0.1) is 5.92 Å². The second kappa shape index (κ2) is 3.52. The van der Waals surface area contributed by atoms with Crippen molar-refractivity contribution in [3.63, 3.8) is 0 Å². The molecule has 2 bridgehead atoms. The van der Waals surface area contributed by atoms with E-state index in [0.717, 1.165) is 0 Å². The average Bonchev–Trinajstić information content (AvgIpc) is 2.42. The van der Waals surface area contributed by atoms with Gasteiger partial charge in [0.25, 0.3) is 0 Å². The Morgan fingerprint density at radius 2 is 1.45 bits per heavy atom. The number of aromatic nitrogens is 1. The van der Waals surface area contributed by atoms with Gasteiger partial charge in [-0.15, -0.1) is 0 Å². The maximum atomic E-state index is 2.51. The lowest BCUT2D eigenvalue weighted by Gasteiger charge is -2.56. The van der Waals surface area contributed by atoms with Crippen LogP contribution in [0.3, 0.4) is 0 Å². The van der Waals surface area contributed by atoms with E-state index >= 15 is 0 Å². The Bertz CT molecular complexity index is 589. The van der Waals surface area contributed by atoms with Crippen molar-refractivity contribution < 1.29 is 4.57 Å². The van der Waals surface area contributed by atoms with Crippen LogP contribution >= 0.6 is 0 Å². The van der Waals surface area contributed by atoms with Gasteiger partial charge >= 0.3 is 0 Å². The van der Waals surface area contributed by atoms with Gasteiger partial charge in [-0.3, -0.25) is 0 Å². The van der Waals surface area contributed by atoms with Crippen LogP contribution in [0.15, 0.2) is 48.7 Å². The zero-order chi connectivity index (χ0) is 14.1. The van der Waals surface area contributed by atoms with Crippen LogP contribution in [-0.4, -0.2) is 0 Å². The van der Waals surface area contributed by atoms with Crippen LogP contribution in [0, 0.1) is 10.8 Å². The first-order chi connectivity index (χ1) is 9.46. The molecule has 1 nitrogen and oxygen atoms in total. The molecule has 0 amide bonds. The van der Waals surface area contributed by atoms with Gasteiger partial charge in [-0.05, 0) is 11.0 Å². The number of hydrogen-bond acceptors (Lipinski definition) is 0. The minimum Gasteiger partial charge on any atom is -0.194 e. The molecule has 2 aliphatic heterocycles. The lowest BCUT2D eigenvalue weighted by atomic mass is 9.48. The summed E-state index contributed by atoms with van der Waals surface area (Å²) in [5.74, 6) is 0.486.